The number of hydrogen-bond donors (Lipinski definition) is 0. The molecular formula is C13H25NO. The molecule has 0 bridgehead atoms. The second-order valence-electron chi connectivity index (χ2n) is 5.49. The lowest BCUT2D eigenvalue weighted by molar-refractivity contribution is -0.0199. The van der Waals surface area contributed by atoms with Gasteiger partial charge in [0.15, 0.2) is 0 Å². The van der Waals surface area contributed by atoms with E-state index in [9.17, 15) is 0 Å². The molecule has 2 rings (SSSR count). The van der Waals surface area contributed by atoms with E-state index in [2.05, 4.69) is 18.7 Å². The van der Waals surface area contributed by atoms with E-state index in [-0.39, 0.29) is 0 Å². The molecule has 1 aliphatic carbocycles. The largest absolute Gasteiger partial charge is 0.377 e. The molecule has 1 aliphatic heterocycles. The third kappa shape index (κ3) is 2.54. The summed E-state index contributed by atoms with van der Waals surface area (Å²) in [5, 5.41) is 0. The highest BCUT2D eigenvalue weighted by Gasteiger charge is 2.40. The first-order chi connectivity index (χ1) is 7.23. The van der Waals surface area contributed by atoms with Crippen molar-refractivity contribution in [1.82, 2.24) is 4.90 Å². The highest BCUT2D eigenvalue weighted by molar-refractivity contribution is 4.96. The van der Waals surface area contributed by atoms with Crippen LogP contribution in [-0.2, 0) is 4.74 Å². The minimum Gasteiger partial charge on any atom is -0.377 e. The molecule has 0 aromatic rings. The molecule has 88 valence electrons. The van der Waals surface area contributed by atoms with Crippen LogP contribution in [0.15, 0.2) is 0 Å². The molecule has 0 aromatic heterocycles. The molecule has 0 N–H and O–H groups in total. The zero-order chi connectivity index (χ0) is 10.7. The summed E-state index contributed by atoms with van der Waals surface area (Å²) in [4.78, 5) is 2.71. The van der Waals surface area contributed by atoms with Crippen molar-refractivity contribution in [1.29, 1.82) is 0 Å². The smallest absolute Gasteiger partial charge is 0.0653 e. The van der Waals surface area contributed by atoms with Crippen LogP contribution in [0.4, 0.5) is 0 Å². The summed E-state index contributed by atoms with van der Waals surface area (Å²) in [6, 6.07) is 0. The summed E-state index contributed by atoms with van der Waals surface area (Å²) in [6.07, 6.45) is 8.69. The maximum atomic E-state index is 5.90. The van der Waals surface area contributed by atoms with Gasteiger partial charge in [0.2, 0.25) is 0 Å². The normalized spacial score (nSPS) is 26.6. The number of ether oxygens (including phenoxy) is 1. The van der Waals surface area contributed by atoms with Gasteiger partial charge in [0.05, 0.1) is 12.7 Å². The average Bonchev–Trinajstić information content (AvgIpc) is 2.86. The molecule has 2 nitrogen and oxygen atoms in total. The van der Waals surface area contributed by atoms with E-state index in [0.29, 0.717) is 11.6 Å². The van der Waals surface area contributed by atoms with Gasteiger partial charge in [-0.05, 0) is 52.6 Å². The molecule has 2 heteroatoms. The summed E-state index contributed by atoms with van der Waals surface area (Å²) < 4.78 is 5.90. The van der Waals surface area contributed by atoms with E-state index in [1.165, 1.54) is 51.6 Å². The predicted molar refractivity (Wildman–Crippen MR) is 63.1 cm³/mol. The monoisotopic (exact) mass is 211 g/mol. The molecular weight excluding hydrogens is 186 g/mol. The summed E-state index contributed by atoms with van der Waals surface area (Å²) in [5.74, 6) is 0. The Morgan fingerprint density at radius 3 is 2.20 bits per heavy atom. The fraction of sp³-hybridized carbons (Fsp3) is 1.00. The van der Waals surface area contributed by atoms with Crippen LogP contribution in [0.1, 0.15) is 52.4 Å². The first-order valence-corrected chi connectivity index (χ1v) is 6.60. The Morgan fingerprint density at radius 2 is 1.67 bits per heavy atom. The van der Waals surface area contributed by atoms with E-state index in [1.807, 2.05) is 0 Å². The minimum atomic E-state index is 0.380. The molecule has 0 aromatic carbocycles. The quantitative estimate of drug-likeness (QED) is 0.709. The summed E-state index contributed by atoms with van der Waals surface area (Å²) in [6.45, 7) is 7.87. The van der Waals surface area contributed by atoms with Gasteiger partial charge in [0.1, 0.15) is 0 Å². The Balaban J connectivity index is 1.96. The third-order valence-electron chi connectivity index (χ3n) is 4.00. The molecule has 0 radical (unpaired) electrons. The van der Waals surface area contributed by atoms with Crippen molar-refractivity contribution in [2.24, 2.45) is 0 Å². The Morgan fingerprint density at radius 1 is 1.07 bits per heavy atom. The molecule has 1 heterocycles. The molecule has 1 saturated carbocycles. The first kappa shape index (κ1) is 11.4. The van der Waals surface area contributed by atoms with E-state index in [4.69, 9.17) is 4.74 Å². The maximum absolute atomic E-state index is 5.90. The molecule has 0 amide bonds. The predicted octanol–water partition coefficient (Wildman–Crippen LogP) is 2.82. The van der Waals surface area contributed by atoms with Crippen LogP contribution in [0, 0.1) is 0 Å². The summed E-state index contributed by atoms with van der Waals surface area (Å²) >= 11 is 0. The fourth-order valence-electron chi connectivity index (χ4n) is 3.10. The Hall–Kier alpha value is -0.0800. The number of hydrogen-bond acceptors (Lipinski definition) is 2. The second kappa shape index (κ2) is 4.84. The Kier molecular flexibility index (Phi) is 3.68. The summed E-state index contributed by atoms with van der Waals surface area (Å²) in [5.41, 5.74) is 0.417. The van der Waals surface area contributed by atoms with Crippen LogP contribution < -0.4 is 0 Å². The highest BCUT2D eigenvalue weighted by Crippen LogP contribution is 2.37. The number of rotatable bonds is 4. The molecule has 2 fully saturated rings. The zero-order valence-corrected chi connectivity index (χ0v) is 10.3. The molecule has 0 spiro atoms. The van der Waals surface area contributed by atoms with E-state index >= 15 is 0 Å². The van der Waals surface area contributed by atoms with Gasteiger partial charge in [0, 0.05) is 5.54 Å². The Bertz CT molecular complexity index is 191. The lowest BCUT2D eigenvalue weighted by atomic mass is 9.96. The van der Waals surface area contributed by atoms with Crippen molar-refractivity contribution in [2.75, 3.05) is 19.7 Å². The van der Waals surface area contributed by atoms with Gasteiger partial charge in [-0.25, -0.2) is 0 Å². The lowest BCUT2D eigenvalue weighted by Gasteiger charge is -2.39. The van der Waals surface area contributed by atoms with Crippen molar-refractivity contribution in [3.63, 3.8) is 0 Å². The fourth-order valence-corrected chi connectivity index (χ4v) is 3.10. The number of likely N-dealkylation sites (tertiary alicyclic amines) is 1. The molecule has 15 heavy (non-hydrogen) atoms. The van der Waals surface area contributed by atoms with Crippen LogP contribution in [-0.4, -0.2) is 36.2 Å². The topological polar surface area (TPSA) is 12.5 Å². The van der Waals surface area contributed by atoms with E-state index in [1.54, 1.807) is 0 Å². The van der Waals surface area contributed by atoms with Crippen molar-refractivity contribution in [2.45, 2.75) is 64.0 Å². The standard InChI is InChI=1S/C13H25NO/c1-12(2)15-11-13(7-3-4-8-13)14-9-5-6-10-14/h12H,3-11H2,1-2H3. The Labute approximate surface area is 94.0 Å². The van der Waals surface area contributed by atoms with Gasteiger partial charge in [-0.15, -0.1) is 0 Å². The zero-order valence-electron chi connectivity index (χ0n) is 10.3. The summed E-state index contributed by atoms with van der Waals surface area (Å²) in [7, 11) is 0. The van der Waals surface area contributed by atoms with Gasteiger partial charge in [-0.1, -0.05) is 12.8 Å². The van der Waals surface area contributed by atoms with Gasteiger partial charge >= 0.3 is 0 Å². The minimum absolute atomic E-state index is 0.380. The van der Waals surface area contributed by atoms with Gasteiger partial charge in [-0.3, -0.25) is 4.90 Å². The van der Waals surface area contributed by atoms with Crippen LogP contribution in [0.3, 0.4) is 0 Å². The van der Waals surface area contributed by atoms with E-state index in [0.717, 1.165) is 6.61 Å². The van der Waals surface area contributed by atoms with Crippen LogP contribution in [0.5, 0.6) is 0 Å². The van der Waals surface area contributed by atoms with Crippen molar-refractivity contribution >= 4 is 0 Å². The van der Waals surface area contributed by atoms with Gasteiger partial charge in [0.25, 0.3) is 0 Å². The van der Waals surface area contributed by atoms with Crippen LogP contribution in [0.2, 0.25) is 0 Å². The average molecular weight is 211 g/mol. The molecule has 0 unspecified atom stereocenters. The highest BCUT2D eigenvalue weighted by atomic mass is 16.5. The second-order valence-corrected chi connectivity index (χ2v) is 5.49. The van der Waals surface area contributed by atoms with Crippen molar-refractivity contribution in [3.8, 4) is 0 Å². The molecule has 0 atom stereocenters. The van der Waals surface area contributed by atoms with Crippen LogP contribution >= 0.6 is 0 Å². The molecule has 1 saturated heterocycles. The van der Waals surface area contributed by atoms with Crippen molar-refractivity contribution in [3.05, 3.63) is 0 Å². The van der Waals surface area contributed by atoms with Gasteiger partial charge in [-0.2, -0.15) is 0 Å². The van der Waals surface area contributed by atoms with E-state index < -0.39 is 0 Å². The maximum Gasteiger partial charge on any atom is 0.0653 e. The first-order valence-electron chi connectivity index (χ1n) is 6.60. The van der Waals surface area contributed by atoms with Crippen molar-refractivity contribution < 1.29 is 4.74 Å². The van der Waals surface area contributed by atoms with Crippen LogP contribution in [0.25, 0.3) is 0 Å². The number of nitrogens with zero attached hydrogens (tertiary/aromatic N) is 1. The van der Waals surface area contributed by atoms with Gasteiger partial charge < -0.3 is 4.74 Å². The lowest BCUT2D eigenvalue weighted by Crippen LogP contribution is -2.49. The molecule has 2 aliphatic rings. The third-order valence-corrected chi connectivity index (χ3v) is 4.00. The SMILES string of the molecule is CC(C)OCC1(N2CCCC2)CCCC1.